The van der Waals surface area contributed by atoms with Gasteiger partial charge in [-0.15, -0.1) is 0 Å². The highest BCUT2D eigenvalue weighted by molar-refractivity contribution is 5.84. The van der Waals surface area contributed by atoms with Gasteiger partial charge in [-0.25, -0.2) is 9.78 Å². The minimum atomic E-state index is -1.20. The first-order valence-electron chi connectivity index (χ1n) is 8.10. The third-order valence-electron chi connectivity index (χ3n) is 4.13. The van der Waals surface area contributed by atoms with Gasteiger partial charge in [0.1, 0.15) is 0 Å². The van der Waals surface area contributed by atoms with Crippen molar-refractivity contribution in [1.82, 2.24) is 19.9 Å². The molecule has 0 radical (unpaired) electrons. The Balaban J connectivity index is 1.80. The smallest absolute Gasteiger partial charge is 0.374 e. The molecule has 2 N–H and O–H groups in total. The molecule has 1 aromatic carbocycles. The minimum Gasteiger partial charge on any atom is -0.475 e. The molecule has 0 aliphatic carbocycles. The third-order valence-corrected chi connectivity index (χ3v) is 4.13. The average molecular weight is 341 g/mol. The predicted molar refractivity (Wildman–Crippen MR) is 91.1 cm³/mol. The van der Waals surface area contributed by atoms with E-state index in [0.29, 0.717) is 18.9 Å². The zero-order valence-corrected chi connectivity index (χ0v) is 13.8. The number of piperidine rings is 1. The number of likely N-dealkylation sites (tertiary alicyclic amines) is 1. The molecule has 3 rings (SSSR count). The lowest BCUT2D eigenvalue weighted by atomic mass is 10.1. The lowest BCUT2D eigenvalue weighted by molar-refractivity contribution is -0.129. The summed E-state index contributed by atoms with van der Waals surface area (Å²) in [6.45, 7) is 2.88. The monoisotopic (exact) mass is 341 g/mol. The highest BCUT2D eigenvalue weighted by Crippen LogP contribution is 2.18. The summed E-state index contributed by atoms with van der Waals surface area (Å²) in [5.41, 5.74) is 0.724. The minimum absolute atomic E-state index is 0.0677. The molecular weight excluding hydrogens is 322 g/mol. The lowest BCUT2D eigenvalue weighted by Crippen LogP contribution is -2.41. The molecule has 130 valence electrons. The Morgan fingerprint density at radius 3 is 2.40 bits per heavy atom. The van der Waals surface area contributed by atoms with Crippen LogP contribution in [-0.4, -0.2) is 56.0 Å². The van der Waals surface area contributed by atoms with Crippen LogP contribution in [-0.2, 0) is 4.79 Å². The van der Waals surface area contributed by atoms with Gasteiger partial charge in [0, 0.05) is 31.6 Å². The van der Waals surface area contributed by atoms with Crippen LogP contribution in [0.4, 0.5) is 5.95 Å². The molecule has 1 aliphatic rings. The first-order valence-corrected chi connectivity index (χ1v) is 8.10. The van der Waals surface area contributed by atoms with E-state index in [1.165, 1.54) is 0 Å². The number of aromatic carboxylic acids is 1. The van der Waals surface area contributed by atoms with Crippen molar-refractivity contribution in [1.29, 1.82) is 0 Å². The van der Waals surface area contributed by atoms with Crippen molar-refractivity contribution in [2.75, 3.05) is 18.4 Å². The van der Waals surface area contributed by atoms with E-state index in [2.05, 4.69) is 20.3 Å². The van der Waals surface area contributed by atoms with Gasteiger partial charge in [0.25, 0.3) is 0 Å². The van der Waals surface area contributed by atoms with E-state index >= 15 is 0 Å². The van der Waals surface area contributed by atoms with Gasteiger partial charge < -0.3 is 15.3 Å². The van der Waals surface area contributed by atoms with Crippen LogP contribution in [0.5, 0.6) is 0 Å². The van der Waals surface area contributed by atoms with E-state index in [9.17, 15) is 14.7 Å². The number of hydrogen-bond acceptors (Lipinski definition) is 6. The average Bonchev–Trinajstić information content (AvgIpc) is 2.62. The van der Waals surface area contributed by atoms with Crippen molar-refractivity contribution in [3.05, 3.63) is 36.2 Å². The Bertz CT molecular complexity index is 773. The van der Waals surface area contributed by atoms with Crippen molar-refractivity contribution < 1.29 is 14.7 Å². The largest absolute Gasteiger partial charge is 0.475 e. The molecule has 2 aromatic rings. The van der Waals surface area contributed by atoms with Crippen LogP contribution in [0.25, 0.3) is 11.4 Å². The molecule has 8 heteroatoms. The van der Waals surface area contributed by atoms with Gasteiger partial charge in [-0.1, -0.05) is 30.3 Å². The summed E-state index contributed by atoms with van der Waals surface area (Å²) in [6.07, 6.45) is 1.52. The maximum Gasteiger partial charge on any atom is 0.374 e. The quantitative estimate of drug-likeness (QED) is 0.870. The fourth-order valence-corrected chi connectivity index (χ4v) is 2.77. The van der Waals surface area contributed by atoms with Crippen molar-refractivity contribution in [2.45, 2.75) is 25.8 Å². The highest BCUT2D eigenvalue weighted by atomic mass is 16.4. The van der Waals surface area contributed by atoms with Crippen LogP contribution in [0.1, 0.15) is 30.4 Å². The molecule has 2 heterocycles. The van der Waals surface area contributed by atoms with Gasteiger partial charge in [0.2, 0.25) is 17.7 Å². The van der Waals surface area contributed by atoms with Gasteiger partial charge >= 0.3 is 5.97 Å². The molecule has 0 unspecified atom stereocenters. The maximum atomic E-state index is 11.4. The summed E-state index contributed by atoms with van der Waals surface area (Å²) in [4.78, 5) is 36.9. The van der Waals surface area contributed by atoms with Crippen LogP contribution in [0, 0.1) is 0 Å². The Morgan fingerprint density at radius 2 is 1.80 bits per heavy atom. The third kappa shape index (κ3) is 4.09. The van der Waals surface area contributed by atoms with Crippen molar-refractivity contribution >= 4 is 17.8 Å². The van der Waals surface area contributed by atoms with E-state index in [1.54, 1.807) is 11.8 Å². The summed E-state index contributed by atoms with van der Waals surface area (Å²) >= 11 is 0. The number of carboxylic acids is 1. The molecule has 1 fully saturated rings. The van der Waals surface area contributed by atoms with E-state index in [0.717, 1.165) is 18.4 Å². The van der Waals surface area contributed by atoms with Crippen LogP contribution < -0.4 is 5.32 Å². The van der Waals surface area contributed by atoms with Crippen molar-refractivity contribution in [3.8, 4) is 11.4 Å². The summed E-state index contributed by atoms with van der Waals surface area (Å²) in [5.74, 6) is -0.867. The molecular formula is C17H19N5O3. The van der Waals surface area contributed by atoms with Gasteiger partial charge in [-0.3, -0.25) is 4.79 Å². The lowest BCUT2D eigenvalue weighted by Gasteiger charge is -2.31. The van der Waals surface area contributed by atoms with E-state index in [-0.39, 0.29) is 23.7 Å². The second kappa shape index (κ2) is 7.25. The zero-order valence-electron chi connectivity index (χ0n) is 13.8. The second-order valence-corrected chi connectivity index (χ2v) is 5.90. The number of hydrogen-bond donors (Lipinski definition) is 2. The normalized spacial score (nSPS) is 15.0. The summed E-state index contributed by atoms with van der Waals surface area (Å²) in [7, 11) is 0. The fourth-order valence-electron chi connectivity index (χ4n) is 2.77. The Kier molecular flexibility index (Phi) is 4.87. The maximum absolute atomic E-state index is 11.4. The van der Waals surface area contributed by atoms with Gasteiger partial charge in [0.05, 0.1) is 0 Å². The van der Waals surface area contributed by atoms with E-state index in [4.69, 9.17) is 0 Å². The predicted octanol–water partition coefficient (Wildman–Crippen LogP) is 1.66. The van der Waals surface area contributed by atoms with Crippen LogP contribution in [0.15, 0.2) is 30.3 Å². The molecule has 0 bridgehead atoms. The number of aromatic nitrogens is 3. The van der Waals surface area contributed by atoms with Crippen LogP contribution >= 0.6 is 0 Å². The van der Waals surface area contributed by atoms with Gasteiger partial charge in [0.15, 0.2) is 5.82 Å². The molecule has 0 spiro atoms. The summed E-state index contributed by atoms with van der Waals surface area (Å²) < 4.78 is 0. The number of anilines is 1. The fraction of sp³-hybridized carbons (Fsp3) is 0.353. The Morgan fingerprint density at radius 1 is 1.12 bits per heavy atom. The molecule has 1 saturated heterocycles. The Labute approximate surface area is 144 Å². The number of carbonyl (C=O) groups excluding carboxylic acids is 1. The van der Waals surface area contributed by atoms with Gasteiger partial charge in [-0.05, 0) is 12.8 Å². The first-order chi connectivity index (χ1) is 12.0. The molecule has 1 aromatic heterocycles. The SMILES string of the molecule is CC(=O)N1CCC(Nc2nc(C(=O)O)nc(-c3ccccc3)n2)CC1. The number of rotatable bonds is 4. The van der Waals surface area contributed by atoms with E-state index < -0.39 is 5.97 Å². The van der Waals surface area contributed by atoms with Crippen molar-refractivity contribution in [3.63, 3.8) is 0 Å². The number of nitrogens with zero attached hydrogens (tertiary/aromatic N) is 4. The molecule has 8 nitrogen and oxygen atoms in total. The van der Waals surface area contributed by atoms with Gasteiger partial charge in [-0.2, -0.15) is 9.97 Å². The standard InChI is InChI=1S/C17H19N5O3/c1-11(23)22-9-7-13(8-10-22)18-17-20-14(12-5-3-2-4-6-12)19-15(21-17)16(24)25/h2-6,13H,7-10H2,1H3,(H,24,25)(H,18,19,20,21). The van der Waals surface area contributed by atoms with Crippen molar-refractivity contribution in [2.24, 2.45) is 0 Å². The van der Waals surface area contributed by atoms with Crippen LogP contribution in [0.2, 0.25) is 0 Å². The number of amides is 1. The number of carbonyl (C=O) groups is 2. The molecule has 0 atom stereocenters. The zero-order chi connectivity index (χ0) is 17.8. The van der Waals surface area contributed by atoms with Crippen LogP contribution in [0.3, 0.4) is 0 Å². The Hall–Kier alpha value is -3.03. The molecule has 1 aliphatic heterocycles. The number of nitrogens with one attached hydrogen (secondary N) is 1. The first kappa shape index (κ1) is 16.8. The molecule has 0 saturated carbocycles. The number of benzene rings is 1. The molecule has 1 amide bonds. The molecule has 25 heavy (non-hydrogen) atoms. The topological polar surface area (TPSA) is 108 Å². The van der Waals surface area contributed by atoms with E-state index in [1.807, 2.05) is 30.3 Å². The summed E-state index contributed by atoms with van der Waals surface area (Å²) in [6, 6.07) is 9.26. The highest BCUT2D eigenvalue weighted by Gasteiger charge is 2.22. The summed E-state index contributed by atoms with van der Waals surface area (Å²) in [5, 5.41) is 12.4. The number of carboxylic acid groups (broad SMARTS) is 1. The second-order valence-electron chi connectivity index (χ2n) is 5.90.